The lowest BCUT2D eigenvalue weighted by Gasteiger charge is -2.51. The average Bonchev–Trinajstić information content (AvgIpc) is 3.21. The van der Waals surface area contributed by atoms with Gasteiger partial charge < -0.3 is 9.84 Å². The first-order valence-corrected chi connectivity index (χ1v) is 14.5. The lowest BCUT2D eigenvalue weighted by molar-refractivity contribution is -0.152. The molecule has 0 spiro atoms. The molecule has 2 N–H and O–H groups in total. The third kappa shape index (κ3) is 5.86. The third-order valence-electron chi connectivity index (χ3n) is 8.72. The van der Waals surface area contributed by atoms with Gasteiger partial charge in [0.05, 0.1) is 17.1 Å². The Labute approximate surface area is 240 Å². The number of carbonyl (C=O) groups excluding carboxylic acids is 4. The molecule has 1 saturated carbocycles. The fraction of sp³-hybridized carbons (Fsp3) is 0.500. The van der Waals surface area contributed by atoms with Gasteiger partial charge in [-0.1, -0.05) is 69.9 Å². The summed E-state index contributed by atoms with van der Waals surface area (Å²) in [5.41, 5.74) is -1.39. The Hall–Kier alpha value is -3.03. The van der Waals surface area contributed by atoms with Crippen molar-refractivity contribution in [3.63, 3.8) is 0 Å². The number of halogens is 1. The van der Waals surface area contributed by atoms with E-state index < -0.39 is 52.8 Å². The van der Waals surface area contributed by atoms with E-state index in [-0.39, 0.29) is 29.4 Å². The van der Waals surface area contributed by atoms with Crippen molar-refractivity contribution in [1.82, 2.24) is 5.32 Å². The van der Waals surface area contributed by atoms with Gasteiger partial charge in [-0.2, -0.15) is 0 Å². The Bertz CT molecular complexity index is 1250. The first-order valence-electron chi connectivity index (χ1n) is 14.2. The molecule has 4 rings (SSSR count). The maximum atomic E-state index is 14.2. The van der Waals surface area contributed by atoms with Crippen LogP contribution in [0.15, 0.2) is 60.2 Å². The third-order valence-corrected chi connectivity index (χ3v) is 8.97. The number of aliphatic hydroxyl groups is 1. The number of hydrogen-bond acceptors (Lipinski definition) is 6. The summed E-state index contributed by atoms with van der Waals surface area (Å²) in [7, 11) is 0. The molecule has 40 heavy (non-hydrogen) atoms. The van der Waals surface area contributed by atoms with Crippen LogP contribution in [0.3, 0.4) is 0 Å². The average molecular weight is 568 g/mol. The standard InChI is InChI=1S/C32H38ClNO6/c1-5-7-8-9-20(6-2)25-26(30(37)34-29(25)36)28(35)24-18(3)14-15-32(39)17-21(16-19(4)27(24)32)31(38)40-23-12-10-22(33)11-13-23/h6,10-15,18-21,24,27,39H,2,5,7-9,16-17H2,1,3-4H3,(H,34,36,37). The molecule has 2 amide bonds. The SMILES string of the molecule is C=CC(CCCCC)C1=C(C(=O)C2C(C)C=CC3(O)CC(C(=O)Oc4ccc(Cl)cc4)CC(C)C23)C(=O)NC1=O. The Morgan fingerprint density at radius 2 is 1.90 bits per heavy atom. The van der Waals surface area contributed by atoms with E-state index in [0.29, 0.717) is 23.6 Å². The summed E-state index contributed by atoms with van der Waals surface area (Å²) in [4.78, 5) is 53.2. The Morgan fingerprint density at radius 3 is 2.55 bits per heavy atom. The Balaban J connectivity index is 1.62. The molecule has 3 aliphatic rings. The number of carbonyl (C=O) groups is 4. The van der Waals surface area contributed by atoms with Crippen molar-refractivity contribution in [3.05, 3.63) is 65.2 Å². The van der Waals surface area contributed by atoms with Crippen LogP contribution in [-0.4, -0.2) is 34.3 Å². The predicted octanol–water partition coefficient (Wildman–Crippen LogP) is 5.37. The fourth-order valence-corrected chi connectivity index (χ4v) is 6.95. The number of imide groups is 1. The van der Waals surface area contributed by atoms with Crippen molar-refractivity contribution >= 4 is 35.2 Å². The molecule has 0 aromatic heterocycles. The molecule has 1 fully saturated rings. The van der Waals surface area contributed by atoms with Crippen molar-refractivity contribution in [2.75, 3.05) is 0 Å². The van der Waals surface area contributed by atoms with Crippen molar-refractivity contribution in [2.24, 2.45) is 35.5 Å². The predicted molar refractivity (Wildman–Crippen MR) is 152 cm³/mol. The minimum atomic E-state index is -1.45. The van der Waals surface area contributed by atoms with Gasteiger partial charge in [0.25, 0.3) is 11.8 Å². The van der Waals surface area contributed by atoms with Crippen molar-refractivity contribution in [2.45, 2.75) is 64.9 Å². The van der Waals surface area contributed by atoms with Gasteiger partial charge in [-0.25, -0.2) is 0 Å². The zero-order valence-electron chi connectivity index (χ0n) is 23.3. The molecule has 7 nitrogen and oxygen atoms in total. The van der Waals surface area contributed by atoms with Gasteiger partial charge in [0, 0.05) is 28.3 Å². The topological polar surface area (TPSA) is 110 Å². The Morgan fingerprint density at radius 1 is 1.20 bits per heavy atom. The van der Waals surface area contributed by atoms with E-state index in [1.807, 2.05) is 13.8 Å². The summed E-state index contributed by atoms with van der Waals surface area (Å²) in [6.45, 7) is 9.75. The number of amides is 2. The molecule has 1 aromatic carbocycles. The van der Waals surface area contributed by atoms with Crippen LogP contribution in [0, 0.1) is 35.5 Å². The molecule has 1 aliphatic heterocycles. The molecular weight excluding hydrogens is 530 g/mol. The number of nitrogens with one attached hydrogen (secondary N) is 1. The molecule has 0 bridgehead atoms. The summed E-state index contributed by atoms with van der Waals surface area (Å²) in [6, 6.07) is 6.48. The first-order chi connectivity index (χ1) is 19.0. The van der Waals surface area contributed by atoms with Crippen LogP contribution in [0.4, 0.5) is 0 Å². The highest BCUT2D eigenvalue weighted by Crippen LogP contribution is 2.51. The van der Waals surface area contributed by atoms with E-state index in [9.17, 15) is 24.3 Å². The number of unbranched alkanes of at least 4 members (excludes halogenated alkanes) is 2. The van der Waals surface area contributed by atoms with Crippen LogP contribution >= 0.6 is 11.6 Å². The van der Waals surface area contributed by atoms with Gasteiger partial charge in [-0.3, -0.25) is 24.5 Å². The van der Waals surface area contributed by atoms with Crippen molar-refractivity contribution in [1.29, 1.82) is 0 Å². The number of fused-ring (bicyclic) bond motifs is 1. The molecule has 1 heterocycles. The van der Waals surface area contributed by atoms with Gasteiger partial charge in [0.15, 0.2) is 5.78 Å². The maximum absolute atomic E-state index is 14.2. The molecule has 7 atom stereocenters. The van der Waals surface area contributed by atoms with Gasteiger partial charge in [-0.15, -0.1) is 6.58 Å². The molecule has 8 heteroatoms. The summed E-state index contributed by atoms with van der Waals surface area (Å²) in [5.74, 6) is -4.57. The molecule has 7 unspecified atom stereocenters. The first kappa shape index (κ1) is 29.9. The molecule has 214 valence electrons. The minimum absolute atomic E-state index is 0.0881. The van der Waals surface area contributed by atoms with Crippen LogP contribution in [0.25, 0.3) is 0 Å². The fourth-order valence-electron chi connectivity index (χ4n) is 6.82. The lowest BCUT2D eigenvalue weighted by Crippen LogP contribution is -2.56. The number of hydrogen-bond donors (Lipinski definition) is 2. The quantitative estimate of drug-likeness (QED) is 0.0983. The molecule has 2 aliphatic carbocycles. The Kier molecular flexibility index (Phi) is 9.16. The molecule has 0 radical (unpaired) electrons. The zero-order valence-corrected chi connectivity index (χ0v) is 24.1. The second-order valence-corrected chi connectivity index (χ2v) is 12.0. The van der Waals surface area contributed by atoms with Gasteiger partial charge >= 0.3 is 5.97 Å². The van der Waals surface area contributed by atoms with E-state index >= 15 is 0 Å². The van der Waals surface area contributed by atoms with Gasteiger partial charge in [0.1, 0.15) is 5.75 Å². The zero-order chi connectivity index (χ0) is 29.2. The monoisotopic (exact) mass is 567 g/mol. The lowest BCUT2D eigenvalue weighted by atomic mass is 9.55. The second-order valence-electron chi connectivity index (χ2n) is 11.5. The summed E-state index contributed by atoms with van der Waals surface area (Å²) < 4.78 is 5.57. The smallest absolute Gasteiger partial charge is 0.314 e. The van der Waals surface area contributed by atoms with Gasteiger partial charge in [0.2, 0.25) is 0 Å². The van der Waals surface area contributed by atoms with E-state index in [1.165, 1.54) is 0 Å². The summed E-state index contributed by atoms with van der Waals surface area (Å²) >= 11 is 5.93. The van der Waals surface area contributed by atoms with Crippen LogP contribution in [0.2, 0.25) is 5.02 Å². The second kappa shape index (κ2) is 12.2. The normalized spacial score (nSPS) is 30.5. The largest absolute Gasteiger partial charge is 0.426 e. The van der Waals surface area contributed by atoms with Gasteiger partial charge in [-0.05, 0) is 55.4 Å². The number of allylic oxidation sites excluding steroid dienone is 2. The van der Waals surface area contributed by atoms with E-state index in [0.717, 1.165) is 19.3 Å². The number of benzene rings is 1. The minimum Gasteiger partial charge on any atom is -0.426 e. The number of rotatable bonds is 10. The highest BCUT2D eigenvalue weighted by Gasteiger charge is 2.56. The van der Waals surface area contributed by atoms with Crippen LogP contribution in [-0.2, 0) is 19.2 Å². The number of ketones is 1. The number of ether oxygens (including phenoxy) is 1. The van der Waals surface area contributed by atoms with Crippen LogP contribution in [0.1, 0.15) is 59.3 Å². The highest BCUT2D eigenvalue weighted by atomic mass is 35.5. The number of Topliss-reactive ketones (excluding diaryl/α,β-unsaturated/α-hetero) is 1. The summed E-state index contributed by atoms with van der Waals surface area (Å²) in [5, 5.41) is 14.7. The molecule has 0 saturated heterocycles. The maximum Gasteiger partial charge on any atom is 0.314 e. The van der Waals surface area contributed by atoms with E-state index in [4.69, 9.17) is 16.3 Å². The van der Waals surface area contributed by atoms with Crippen molar-refractivity contribution in [3.8, 4) is 5.75 Å². The van der Waals surface area contributed by atoms with Crippen LogP contribution in [0.5, 0.6) is 5.75 Å². The summed E-state index contributed by atoms with van der Waals surface area (Å²) in [6.07, 6.45) is 9.03. The highest BCUT2D eigenvalue weighted by molar-refractivity contribution is 6.33. The number of esters is 1. The molecular formula is C32H38ClNO6. The van der Waals surface area contributed by atoms with Crippen LogP contribution < -0.4 is 10.1 Å². The van der Waals surface area contributed by atoms with E-state index in [1.54, 1.807) is 42.5 Å². The molecule has 1 aromatic rings. The van der Waals surface area contributed by atoms with E-state index in [2.05, 4.69) is 18.8 Å². The van der Waals surface area contributed by atoms with Crippen molar-refractivity contribution < 1.29 is 29.0 Å².